The van der Waals surface area contributed by atoms with Crippen LogP contribution in [0.5, 0.6) is 11.5 Å². The molecule has 0 atom stereocenters. The Balaban J connectivity index is 1.60. The SMILES string of the molecule is COc1ccc(/C=N/NC(=O)c2ccc(NC(=O)c3ccccc3Cl)cc2)cc1OC. The minimum atomic E-state index is -0.388. The molecule has 3 aromatic rings. The molecule has 0 radical (unpaired) electrons. The molecule has 0 saturated heterocycles. The van der Waals surface area contributed by atoms with Gasteiger partial charge in [0.15, 0.2) is 11.5 Å². The lowest BCUT2D eigenvalue weighted by molar-refractivity contribution is 0.0954. The number of ether oxygens (including phenoxy) is 2. The topological polar surface area (TPSA) is 89.0 Å². The molecule has 2 N–H and O–H groups in total. The summed E-state index contributed by atoms with van der Waals surface area (Å²) in [6.45, 7) is 0. The van der Waals surface area contributed by atoms with E-state index in [-0.39, 0.29) is 11.8 Å². The van der Waals surface area contributed by atoms with E-state index in [0.29, 0.717) is 33.3 Å². The van der Waals surface area contributed by atoms with E-state index in [4.69, 9.17) is 21.1 Å². The zero-order chi connectivity index (χ0) is 22.2. The smallest absolute Gasteiger partial charge is 0.271 e. The van der Waals surface area contributed by atoms with Crippen molar-refractivity contribution in [1.29, 1.82) is 0 Å². The van der Waals surface area contributed by atoms with Gasteiger partial charge in [-0.05, 0) is 60.2 Å². The summed E-state index contributed by atoms with van der Waals surface area (Å²) in [5, 5.41) is 7.07. The van der Waals surface area contributed by atoms with Crippen LogP contribution in [0.1, 0.15) is 26.3 Å². The number of rotatable bonds is 7. The number of nitrogens with one attached hydrogen (secondary N) is 2. The van der Waals surface area contributed by atoms with Crippen molar-refractivity contribution in [3.63, 3.8) is 0 Å². The molecule has 0 bridgehead atoms. The summed E-state index contributed by atoms with van der Waals surface area (Å²) in [4.78, 5) is 24.6. The van der Waals surface area contributed by atoms with Crippen LogP contribution in [0.4, 0.5) is 5.69 Å². The molecule has 0 unspecified atom stereocenters. The first-order valence-corrected chi connectivity index (χ1v) is 9.61. The Hall–Kier alpha value is -3.84. The molecule has 0 saturated carbocycles. The van der Waals surface area contributed by atoms with E-state index in [1.807, 2.05) is 0 Å². The molecular formula is C23H20ClN3O4. The highest BCUT2D eigenvalue weighted by Gasteiger charge is 2.10. The van der Waals surface area contributed by atoms with Gasteiger partial charge in [-0.25, -0.2) is 5.43 Å². The Kier molecular flexibility index (Phi) is 7.24. The highest BCUT2D eigenvalue weighted by molar-refractivity contribution is 6.34. The molecule has 0 spiro atoms. The second-order valence-electron chi connectivity index (χ2n) is 6.32. The van der Waals surface area contributed by atoms with Crippen molar-refractivity contribution in [3.8, 4) is 11.5 Å². The van der Waals surface area contributed by atoms with Crippen molar-refractivity contribution in [2.24, 2.45) is 5.10 Å². The van der Waals surface area contributed by atoms with Gasteiger partial charge in [-0.3, -0.25) is 9.59 Å². The second-order valence-corrected chi connectivity index (χ2v) is 6.73. The zero-order valence-corrected chi connectivity index (χ0v) is 17.6. The Labute approximate surface area is 184 Å². The number of amides is 2. The fourth-order valence-electron chi connectivity index (χ4n) is 2.71. The van der Waals surface area contributed by atoms with Crippen molar-refractivity contribution >= 4 is 35.3 Å². The molecule has 158 valence electrons. The first-order valence-electron chi connectivity index (χ1n) is 9.23. The standard InChI is InChI=1S/C23H20ClN3O4/c1-30-20-12-7-15(13-21(20)31-2)14-25-27-22(28)16-8-10-17(11-9-16)26-23(29)18-5-3-4-6-19(18)24/h3-14H,1-2H3,(H,26,29)(H,27,28)/b25-14+. The third kappa shape index (κ3) is 5.61. The number of carbonyl (C=O) groups excluding carboxylic acids is 2. The van der Waals surface area contributed by atoms with E-state index in [0.717, 1.165) is 5.56 Å². The number of nitrogens with zero attached hydrogens (tertiary/aromatic N) is 1. The minimum absolute atomic E-state index is 0.331. The third-order valence-corrected chi connectivity index (χ3v) is 4.64. The van der Waals surface area contributed by atoms with E-state index >= 15 is 0 Å². The molecule has 3 rings (SSSR count). The van der Waals surface area contributed by atoms with Crippen LogP contribution in [0, 0.1) is 0 Å². The number of methoxy groups -OCH3 is 2. The summed E-state index contributed by atoms with van der Waals surface area (Å²) < 4.78 is 10.4. The first-order chi connectivity index (χ1) is 15.0. The lowest BCUT2D eigenvalue weighted by atomic mass is 10.1. The Morgan fingerprint density at radius 3 is 2.29 bits per heavy atom. The Morgan fingerprint density at radius 1 is 0.903 bits per heavy atom. The van der Waals surface area contributed by atoms with Crippen LogP contribution in [0.3, 0.4) is 0 Å². The molecule has 0 heterocycles. The summed E-state index contributed by atoms with van der Waals surface area (Å²) in [6.07, 6.45) is 1.50. The van der Waals surface area contributed by atoms with Crippen molar-refractivity contribution < 1.29 is 19.1 Å². The van der Waals surface area contributed by atoms with Crippen LogP contribution in [-0.4, -0.2) is 32.2 Å². The maximum absolute atomic E-state index is 12.3. The molecule has 31 heavy (non-hydrogen) atoms. The largest absolute Gasteiger partial charge is 0.493 e. The normalized spacial score (nSPS) is 10.5. The van der Waals surface area contributed by atoms with E-state index < -0.39 is 0 Å². The van der Waals surface area contributed by atoms with Crippen LogP contribution < -0.4 is 20.2 Å². The van der Waals surface area contributed by atoms with Gasteiger partial charge < -0.3 is 14.8 Å². The van der Waals surface area contributed by atoms with E-state index in [1.54, 1.807) is 80.9 Å². The number of anilines is 1. The Morgan fingerprint density at radius 2 is 1.61 bits per heavy atom. The summed E-state index contributed by atoms with van der Waals surface area (Å²) in [6, 6.07) is 18.5. The monoisotopic (exact) mass is 437 g/mol. The van der Waals surface area contributed by atoms with Crippen LogP contribution in [0.15, 0.2) is 71.8 Å². The van der Waals surface area contributed by atoms with Crippen molar-refractivity contribution in [2.45, 2.75) is 0 Å². The summed E-state index contributed by atoms with van der Waals surface area (Å²) in [7, 11) is 3.10. The van der Waals surface area contributed by atoms with Crippen LogP contribution in [-0.2, 0) is 0 Å². The predicted octanol–water partition coefficient (Wildman–Crippen LogP) is 4.37. The molecular weight excluding hydrogens is 418 g/mol. The Bertz CT molecular complexity index is 1110. The lowest BCUT2D eigenvalue weighted by Gasteiger charge is -2.08. The van der Waals surface area contributed by atoms with E-state index in [1.165, 1.54) is 6.21 Å². The highest BCUT2D eigenvalue weighted by atomic mass is 35.5. The molecule has 0 aliphatic carbocycles. The van der Waals surface area contributed by atoms with Gasteiger partial charge in [0.2, 0.25) is 0 Å². The van der Waals surface area contributed by atoms with Crippen LogP contribution >= 0.6 is 11.6 Å². The molecule has 0 aromatic heterocycles. The third-order valence-electron chi connectivity index (χ3n) is 4.31. The van der Waals surface area contributed by atoms with Gasteiger partial charge in [-0.15, -0.1) is 0 Å². The number of halogens is 1. The average molecular weight is 438 g/mol. The van der Waals surface area contributed by atoms with Gasteiger partial charge in [0, 0.05) is 11.3 Å². The zero-order valence-electron chi connectivity index (χ0n) is 16.9. The van der Waals surface area contributed by atoms with Gasteiger partial charge in [0.25, 0.3) is 11.8 Å². The summed E-state index contributed by atoms with van der Waals surface area (Å²) >= 11 is 6.04. The molecule has 8 heteroatoms. The summed E-state index contributed by atoms with van der Waals surface area (Å²) in [5.41, 5.74) is 4.49. The van der Waals surface area contributed by atoms with Gasteiger partial charge in [-0.1, -0.05) is 23.7 Å². The first kappa shape index (κ1) is 21.9. The maximum atomic E-state index is 12.3. The fourth-order valence-corrected chi connectivity index (χ4v) is 2.93. The van der Waals surface area contributed by atoms with Gasteiger partial charge in [0.05, 0.1) is 31.0 Å². The minimum Gasteiger partial charge on any atom is -0.493 e. The summed E-state index contributed by atoms with van der Waals surface area (Å²) in [5.74, 6) is 0.445. The molecule has 3 aromatic carbocycles. The lowest BCUT2D eigenvalue weighted by Crippen LogP contribution is -2.18. The molecule has 7 nitrogen and oxygen atoms in total. The highest BCUT2D eigenvalue weighted by Crippen LogP contribution is 2.26. The van der Waals surface area contributed by atoms with Gasteiger partial charge in [0.1, 0.15) is 0 Å². The molecule has 0 aliphatic heterocycles. The second kappa shape index (κ2) is 10.3. The molecule has 0 fully saturated rings. The van der Waals surface area contributed by atoms with E-state index in [2.05, 4.69) is 15.8 Å². The van der Waals surface area contributed by atoms with Crippen molar-refractivity contribution in [2.75, 3.05) is 19.5 Å². The average Bonchev–Trinajstić information content (AvgIpc) is 2.79. The number of hydrogen-bond acceptors (Lipinski definition) is 5. The molecule has 0 aliphatic rings. The molecule has 2 amide bonds. The fraction of sp³-hybridized carbons (Fsp3) is 0.0870. The van der Waals surface area contributed by atoms with Crippen molar-refractivity contribution in [1.82, 2.24) is 5.43 Å². The van der Waals surface area contributed by atoms with Crippen LogP contribution in [0.2, 0.25) is 5.02 Å². The number of carbonyl (C=O) groups is 2. The number of hydrogen-bond donors (Lipinski definition) is 2. The maximum Gasteiger partial charge on any atom is 0.271 e. The van der Waals surface area contributed by atoms with Gasteiger partial charge >= 0.3 is 0 Å². The predicted molar refractivity (Wildman–Crippen MR) is 120 cm³/mol. The van der Waals surface area contributed by atoms with Crippen molar-refractivity contribution in [3.05, 3.63) is 88.4 Å². The quantitative estimate of drug-likeness (QED) is 0.424. The number of hydrazone groups is 1. The number of benzene rings is 3. The van der Waals surface area contributed by atoms with Crippen LogP contribution in [0.25, 0.3) is 0 Å². The van der Waals surface area contributed by atoms with E-state index in [9.17, 15) is 9.59 Å². The van der Waals surface area contributed by atoms with Gasteiger partial charge in [-0.2, -0.15) is 5.10 Å².